The Labute approximate surface area is 111 Å². The van der Waals surface area contributed by atoms with Crippen LogP contribution in [0.15, 0.2) is 12.5 Å². The highest BCUT2D eigenvalue weighted by molar-refractivity contribution is 5.01. The fourth-order valence-corrected chi connectivity index (χ4v) is 3.08. The molecule has 1 N–H and O–H groups in total. The van der Waals surface area contributed by atoms with Gasteiger partial charge in [0, 0.05) is 18.8 Å². The van der Waals surface area contributed by atoms with Crippen molar-refractivity contribution in [2.45, 2.75) is 65.0 Å². The van der Waals surface area contributed by atoms with Gasteiger partial charge in [0.2, 0.25) is 0 Å². The van der Waals surface area contributed by atoms with Gasteiger partial charge in [-0.25, -0.2) is 4.98 Å². The van der Waals surface area contributed by atoms with Crippen molar-refractivity contribution in [3.8, 4) is 0 Å². The SMILES string of the molecule is CCCNCc1cncn1C1CCCC(CC)C1. The highest BCUT2D eigenvalue weighted by Crippen LogP contribution is 2.34. The van der Waals surface area contributed by atoms with Gasteiger partial charge in [-0.05, 0) is 31.7 Å². The summed E-state index contributed by atoms with van der Waals surface area (Å²) in [6, 6.07) is 0.685. The zero-order valence-corrected chi connectivity index (χ0v) is 11.9. The van der Waals surface area contributed by atoms with Crippen molar-refractivity contribution in [2.24, 2.45) is 5.92 Å². The monoisotopic (exact) mass is 249 g/mol. The first-order chi connectivity index (χ1) is 8.85. The second-order valence-electron chi connectivity index (χ2n) is 5.56. The lowest BCUT2D eigenvalue weighted by atomic mass is 9.84. The van der Waals surface area contributed by atoms with E-state index in [1.807, 2.05) is 12.5 Å². The molecule has 0 radical (unpaired) electrons. The van der Waals surface area contributed by atoms with E-state index in [0.29, 0.717) is 6.04 Å². The van der Waals surface area contributed by atoms with Crippen LogP contribution in [0.5, 0.6) is 0 Å². The molecule has 1 heterocycles. The number of rotatable bonds is 6. The van der Waals surface area contributed by atoms with Crippen LogP contribution in [0.4, 0.5) is 0 Å². The molecule has 18 heavy (non-hydrogen) atoms. The van der Waals surface area contributed by atoms with Gasteiger partial charge in [-0.15, -0.1) is 0 Å². The lowest BCUT2D eigenvalue weighted by Gasteiger charge is -2.30. The Morgan fingerprint density at radius 3 is 3.06 bits per heavy atom. The van der Waals surface area contributed by atoms with Crippen molar-refractivity contribution in [3.63, 3.8) is 0 Å². The Hall–Kier alpha value is -0.830. The standard InChI is InChI=1S/C15H27N3/c1-3-8-16-10-15-11-17-12-18(15)14-7-5-6-13(4-2)9-14/h11-14,16H,3-10H2,1-2H3. The molecule has 102 valence electrons. The highest BCUT2D eigenvalue weighted by atomic mass is 15.1. The number of nitrogens with one attached hydrogen (secondary N) is 1. The van der Waals surface area contributed by atoms with Crippen LogP contribution in [0.1, 0.15) is 64.1 Å². The van der Waals surface area contributed by atoms with Gasteiger partial charge in [0.15, 0.2) is 0 Å². The van der Waals surface area contributed by atoms with Crippen LogP contribution in [-0.4, -0.2) is 16.1 Å². The molecule has 1 aromatic heterocycles. The summed E-state index contributed by atoms with van der Waals surface area (Å²) in [5.41, 5.74) is 1.35. The van der Waals surface area contributed by atoms with E-state index in [4.69, 9.17) is 0 Å². The molecule has 0 spiro atoms. The van der Waals surface area contributed by atoms with Gasteiger partial charge in [0.1, 0.15) is 0 Å². The summed E-state index contributed by atoms with van der Waals surface area (Å²) in [7, 11) is 0. The molecule has 0 saturated heterocycles. The normalized spacial score (nSPS) is 24.3. The third kappa shape index (κ3) is 3.35. The quantitative estimate of drug-likeness (QED) is 0.782. The van der Waals surface area contributed by atoms with E-state index in [1.54, 1.807) is 0 Å². The van der Waals surface area contributed by atoms with Crippen LogP contribution in [0.25, 0.3) is 0 Å². The maximum absolute atomic E-state index is 4.35. The van der Waals surface area contributed by atoms with Gasteiger partial charge in [-0.3, -0.25) is 0 Å². The largest absolute Gasteiger partial charge is 0.330 e. The summed E-state index contributed by atoms with van der Waals surface area (Å²) < 4.78 is 2.42. The average Bonchev–Trinajstić information content (AvgIpc) is 2.87. The summed E-state index contributed by atoms with van der Waals surface area (Å²) in [5.74, 6) is 0.919. The van der Waals surface area contributed by atoms with Gasteiger partial charge >= 0.3 is 0 Å². The van der Waals surface area contributed by atoms with Crippen molar-refractivity contribution in [1.29, 1.82) is 0 Å². The zero-order chi connectivity index (χ0) is 12.8. The van der Waals surface area contributed by atoms with Crippen molar-refractivity contribution in [3.05, 3.63) is 18.2 Å². The molecule has 1 aliphatic carbocycles. The zero-order valence-electron chi connectivity index (χ0n) is 11.9. The van der Waals surface area contributed by atoms with Crippen LogP contribution >= 0.6 is 0 Å². The summed E-state index contributed by atoms with van der Waals surface area (Å²) in [6.45, 7) is 6.58. The summed E-state index contributed by atoms with van der Waals surface area (Å²) in [5, 5.41) is 3.48. The van der Waals surface area contributed by atoms with Crippen LogP contribution in [0, 0.1) is 5.92 Å². The topological polar surface area (TPSA) is 29.9 Å². The van der Waals surface area contributed by atoms with Gasteiger partial charge in [0.05, 0.1) is 12.0 Å². The molecular weight excluding hydrogens is 222 g/mol. The van der Waals surface area contributed by atoms with E-state index in [-0.39, 0.29) is 0 Å². The molecule has 0 aliphatic heterocycles. The minimum atomic E-state index is 0.685. The summed E-state index contributed by atoms with van der Waals surface area (Å²) in [4.78, 5) is 4.35. The Morgan fingerprint density at radius 1 is 1.39 bits per heavy atom. The fourth-order valence-electron chi connectivity index (χ4n) is 3.08. The van der Waals surface area contributed by atoms with Gasteiger partial charge < -0.3 is 9.88 Å². The Balaban J connectivity index is 1.97. The molecule has 0 bridgehead atoms. The minimum Gasteiger partial charge on any atom is -0.330 e. The number of imidazole rings is 1. The number of aromatic nitrogens is 2. The maximum Gasteiger partial charge on any atom is 0.0951 e. The van der Waals surface area contributed by atoms with Crippen molar-refractivity contribution >= 4 is 0 Å². The van der Waals surface area contributed by atoms with E-state index in [9.17, 15) is 0 Å². The first kappa shape index (κ1) is 13.6. The lowest BCUT2D eigenvalue weighted by molar-refractivity contribution is 0.257. The Bertz CT molecular complexity index is 345. The summed E-state index contributed by atoms with van der Waals surface area (Å²) >= 11 is 0. The smallest absolute Gasteiger partial charge is 0.0951 e. The highest BCUT2D eigenvalue weighted by Gasteiger charge is 2.23. The second-order valence-corrected chi connectivity index (χ2v) is 5.56. The number of nitrogens with zero attached hydrogens (tertiary/aromatic N) is 2. The van der Waals surface area contributed by atoms with Crippen molar-refractivity contribution < 1.29 is 0 Å². The molecule has 0 aromatic carbocycles. The van der Waals surface area contributed by atoms with E-state index in [2.05, 4.69) is 28.7 Å². The molecule has 1 aliphatic rings. The molecule has 1 saturated carbocycles. The molecular formula is C15H27N3. The molecule has 3 heteroatoms. The molecule has 2 unspecified atom stereocenters. The van der Waals surface area contributed by atoms with E-state index < -0.39 is 0 Å². The molecule has 1 aromatic rings. The van der Waals surface area contributed by atoms with E-state index in [1.165, 1.54) is 44.2 Å². The Morgan fingerprint density at radius 2 is 2.28 bits per heavy atom. The first-order valence-electron chi connectivity index (χ1n) is 7.56. The first-order valence-corrected chi connectivity index (χ1v) is 7.56. The maximum atomic E-state index is 4.35. The minimum absolute atomic E-state index is 0.685. The molecule has 3 nitrogen and oxygen atoms in total. The Kier molecular flexibility index (Phi) is 5.24. The van der Waals surface area contributed by atoms with Crippen LogP contribution in [0.2, 0.25) is 0 Å². The average molecular weight is 249 g/mol. The predicted molar refractivity (Wildman–Crippen MR) is 75.5 cm³/mol. The van der Waals surface area contributed by atoms with Crippen LogP contribution < -0.4 is 5.32 Å². The fraction of sp³-hybridized carbons (Fsp3) is 0.800. The second kappa shape index (κ2) is 6.93. The van der Waals surface area contributed by atoms with E-state index in [0.717, 1.165) is 19.0 Å². The summed E-state index contributed by atoms with van der Waals surface area (Å²) in [6.07, 6.45) is 12.0. The lowest BCUT2D eigenvalue weighted by Crippen LogP contribution is -2.22. The predicted octanol–water partition coefficient (Wildman–Crippen LogP) is 3.52. The van der Waals surface area contributed by atoms with Crippen molar-refractivity contribution in [2.75, 3.05) is 6.54 Å². The van der Waals surface area contributed by atoms with Crippen molar-refractivity contribution in [1.82, 2.24) is 14.9 Å². The van der Waals surface area contributed by atoms with Gasteiger partial charge in [0.25, 0.3) is 0 Å². The third-order valence-electron chi connectivity index (χ3n) is 4.21. The van der Waals surface area contributed by atoms with Gasteiger partial charge in [-0.1, -0.05) is 33.1 Å². The van der Waals surface area contributed by atoms with Crippen LogP contribution in [0.3, 0.4) is 0 Å². The van der Waals surface area contributed by atoms with Gasteiger partial charge in [-0.2, -0.15) is 0 Å². The van der Waals surface area contributed by atoms with Crippen LogP contribution in [-0.2, 0) is 6.54 Å². The van der Waals surface area contributed by atoms with E-state index >= 15 is 0 Å². The number of hydrogen-bond acceptors (Lipinski definition) is 2. The molecule has 0 amide bonds. The molecule has 2 atom stereocenters. The molecule has 2 rings (SSSR count). The molecule has 1 fully saturated rings. The number of hydrogen-bond donors (Lipinski definition) is 1. The third-order valence-corrected chi connectivity index (χ3v) is 4.21.